The Balaban J connectivity index is 1.68. The van der Waals surface area contributed by atoms with Crippen LogP contribution in [-0.4, -0.2) is 24.6 Å². The van der Waals surface area contributed by atoms with Crippen molar-refractivity contribution < 1.29 is 14.2 Å². The molecule has 24 heavy (non-hydrogen) atoms. The average molecular weight is 497 g/mol. The van der Waals surface area contributed by atoms with E-state index in [0.29, 0.717) is 28.6 Å². The third-order valence-electron chi connectivity index (χ3n) is 3.63. The summed E-state index contributed by atoms with van der Waals surface area (Å²) in [6.07, 6.45) is -0.196. The van der Waals surface area contributed by atoms with Crippen molar-refractivity contribution >= 4 is 55.1 Å². The van der Waals surface area contributed by atoms with Crippen LogP contribution in [0.15, 0.2) is 46.9 Å². The maximum atomic E-state index is 6.31. The summed E-state index contributed by atoms with van der Waals surface area (Å²) in [7, 11) is 0. The van der Waals surface area contributed by atoms with Crippen molar-refractivity contribution in [2.45, 2.75) is 11.9 Å². The minimum absolute atomic E-state index is 0.196. The normalized spacial score (nSPS) is 23.4. The van der Waals surface area contributed by atoms with E-state index in [0.717, 1.165) is 15.8 Å². The van der Waals surface area contributed by atoms with Gasteiger partial charge < -0.3 is 14.2 Å². The Hall–Kier alpha value is -0.300. The molecule has 1 heterocycles. The van der Waals surface area contributed by atoms with Crippen LogP contribution in [0.3, 0.4) is 0 Å². The zero-order chi connectivity index (χ0) is 17.2. The van der Waals surface area contributed by atoms with E-state index in [1.54, 1.807) is 12.1 Å². The van der Waals surface area contributed by atoms with Crippen LogP contribution >= 0.6 is 55.1 Å². The van der Waals surface area contributed by atoms with Gasteiger partial charge in [0.25, 0.3) is 0 Å². The topological polar surface area (TPSA) is 27.7 Å². The van der Waals surface area contributed by atoms with Gasteiger partial charge in [-0.25, -0.2) is 0 Å². The molecule has 0 radical (unpaired) electrons. The molecule has 2 atom stereocenters. The third-order valence-corrected chi connectivity index (χ3v) is 5.44. The highest BCUT2D eigenvalue weighted by Crippen LogP contribution is 2.40. The van der Waals surface area contributed by atoms with Gasteiger partial charge in [-0.2, -0.15) is 0 Å². The maximum Gasteiger partial charge on any atom is 0.206 e. The number of ether oxygens (including phenoxy) is 3. The van der Waals surface area contributed by atoms with Gasteiger partial charge in [-0.15, -0.1) is 0 Å². The molecular weight excluding hydrogens is 483 g/mol. The van der Waals surface area contributed by atoms with Gasteiger partial charge in [-0.05, 0) is 36.4 Å². The number of alkyl halides is 1. The van der Waals surface area contributed by atoms with E-state index >= 15 is 0 Å². The summed E-state index contributed by atoms with van der Waals surface area (Å²) in [6.45, 7) is 0.808. The van der Waals surface area contributed by atoms with Gasteiger partial charge in [0, 0.05) is 15.1 Å². The van der Waals surface area contributed by atoms with E-state index < -0.39 is 5.79 Å². The lowest BCUT2D eigenvalue weighted by Gasteiger charge is -2.27. The molecular formula is C17H14Br2Cl2O3. The number of rotatable bonds is 5. The number of halogens is 4. The Morgan fingerprint density at radius 1 is 1.17 bits per heavy atom. The molecule has 1 saturated heterocycles. The molecule has 0 aromatic heterocycles. The molecule has 0 amide bonds. The molecule has 0 aliphatic carbocycles. The molecule has 3 nitrogen and oxygen atoms in total. The molecule has 0 unspecified atom stereocenters. The molecule has 128 valence electrons. The Kier molecular flexibility index (Phi) is 6.11. The van der Waals surface area contributed by atoms with Gasteiger partial charge in [-0.3, -0.25) is 0 Å². The van der Waals surface area contributed by atoms with E-state index in [2.05, 4.69) is 31.9 Å². The van der Waals surface area contributed by atoms with Crippen LogP contribution in [0.2, 0.25) is 10.0 Å². The number of hydrogen-bond acceptors (Lipinski definition) is 3. The summed E-state index contributed by atoms with van der Waals surface area (Å²) in [5, 5.41) is 1.54. The first kappa shape index (κ1) is 18.5. The van der Waals surface area contributed by atoms with E-state index in [1.807, 2.05) is 30.3 Å². The van der Waals surface area contributed by atoms with Crippen molar-refractivity contribution in [2.24, 2.45) is 0 Å². The summed E-state index contributed by atoms with van der Waals surface area (Å²) in [5.41, 5.74) is 0.747. The molecule has 2 aromatic carbocycles. The monoisotopic (exact) mass is 494 g/mol. The molecule has 0 saturated carbocycles. The van der Waals surface area contributed by atoms with Gasteiger partial charge in [0.05, 0.1) is 17.0 Å². The fourth-order valence-electron chi connectivity index (χ4n) is 2.45. The highest BCUT2D eigenvalue weighted by molar-refractivity contribution is 9.10. The second-order valence-electron chi connectivity index (χ2n) is 5.33. The quantitative estimate of drug-likeness (QED) is 0.490. The summed E-state index contributed by atoms with van der Waals surface area (Å²) < 4.78 is 18.8. The van der Waals surface area contributed by atoms with Crippen molar-refractivity contribution in [3.05, 3.63) is 62.5 Å². The summed E-state index contributed by atoms with van der Waals surface area (Å²) in [5.74, 6) is -0.155. The lowest BCUT2D eigenvalue weighted by Crippen LogP contribution is -2.31. The predicted octanol–water partition coefficient (Wildman–Crippen LogP) is 5.80. The van der Waals surface area contributed by atoms with Crippen molar-refractivity contribution in [1.82, 2.24) is 0 Å². The van der Waals surface area contributed by atoms with Gasteiger partial charge in [0.1, 0.15) is 18.5 Å². The zero-order valence-corrected chi connectivity index (χ0v) is 17.2. The fourth-order valence-corrected chi connectivity index (χ4v) is 3.86. The predicted molar refractivity (Wildman–Crippen MR) is 102 cm³/mol. The van der Waals surface area contributed by atoms with E-state index in [-0.39, 0.29) is 6.10 Å². The fraction of sp³-hybridized carbons (Fsp3) is 0.294. The zero-order valence-electron chi connectivity index (χ0n) is 12.5. The minimum atomic E-state index is -0.935. The SMILES string of the molecule is Clc1ccc([C@]2(CBr)OC[C@@H](COc3ccc(Br)cc3)O2)c(Cl)c1. The van der Waals surface area contributed by atoms with Gasteiger partial charge in [0.15, 0.2) is 0 Å². The van der Waals surface area contributed by atoms with Crippen LogP contribution in [0.25, 0.3) is 0 Å². The van der Waals surface area contributed by atoms with Crippen molar-refractivity contribution in [2.75, 3.05) is 18.5 Å². The van der Waals surface area contributed by atoms with Crippen LogP contribution in [0, 0.1) is 0 Å². The second kappa shape index (κ2) is 7.94. The highest BCUT2D eigenvalue weighted by atomic mass is 79.9. The van der Waals surface area contributed by atoms with Crippen LogP contribution in [0.1, 0.15) is 5.56 Å². The maximum absolute atomic E-state index is 6.31. The van der Waals surface area contributed by atoms with E-state index in [4.69, 9.17) is 37.4 Å². The Morgan fingerprint density at radius 3 is 2.58 bits per heavy atom. The largest absolute Gasteiger partial charge is 0.491 e. The highest BCUT2D eigenvalue weighted by Gasteiger charge is 2.44. The van der Waals surface area contributed by atoms with Gasteiger partial charge in [0.2, 0.25) is 5.79 Å². The van der Waals surface area contributed by atoms with Crippen molar-refractivity contribution in [3.63, 3.8) is 0 Å². The molecule has 0 N–H and O–H groups in total. The minimum Gasteiger partial charge on any atom is -0.491 e. The molecule has 1 fully saturated rings. The molecule has 2 aromatic rings. The molecule has 0 bridgehead atoms. The third kappa shape index (κ3) is 4.09. The first-order valence-electron chi connectivity index (χ1n) is 7.24. The van der Waals surface area contributed by atoms with Crippen LogP contribution in [-0.2, 0) is 15.3 Å². The summed E-state index contributed by atoms with van der Waals surface area (Å²) in [4.78, 5) is 0. The number of benzene rings is 2. The first-order chi connectivity index (χ1) is 11.5. The molecule has 7 heteroatoms. The Morgan fingerprint density at radius 2 is 1.92 bits per heavy atom. The molecule has 1 aliphatic heterocycles. The molecule has 0 spiro atoms. The number of hydrogen-bond donors (Lipinski definition) is 0. The Labute approximate surface area is 167 Å². The lowest BCUT2D eigenvalue weighted by atomic mass is 10.1. The van der Waals surface area contributed by atoms with E-state index in [9.17, 15) is 0 Å². The average Bonchev–Trinajstić information content (AvgIpc) is 2.99. The first-order valence-corrected chi connectivity index (χ1v) is 9.91. The summed E-state index contributed by atoms with van der Waals surface area (Å²) in [6, 6.07) is 12.9. The standard InChI is InChI=1S/C17H14Br2Cl2O3/c18-10-17(15-6-3-12(20)7-16(15)21)23-9-14(24-17)8-22-13-4-1-11(19)2-5-13/h1-7,14H,8-10H2/t14-,17-/m1/s1. The second-order valence-corrected chi connectivity index (χ2v) is 7.65. The van der Waals surface area contributed by atoms with Gasteiger partial charge >= 0.3 is 0 Å². The van der Waals surface area contributed by atoms with Gasteiger partial charge in [-0.1, -0.05) is 61.1 Å². The van der Waals surface area contributed by atoms with Crippen molar-refractivity contribution in [1.29, 1.82) is 0 Å². The van der Waals surface area contributed by atoms with Crippen LogP contribution < -0.4 is 4.74 Å². The molecule has 1 aliphatic rings. The smallest absolute Gasteiger partial charge is 0.206 e. The van der Waals surface area contributed by atoms with Crippen molar-refractivity contribution in [3.8, 4) is 5.75 Å². The lowest BCUT2D eigenvalue weighted by molar-refractivity contribution is -0.159. The molecule has 3 rings (SSSR count). The van der Waals surface area contributed by atoms with Crippen LogP contribution in [0.4, 0.5) is 0 Å². The summed E-state index contributed by atoms with van der Waals surface area (Å²) >= 11 is 19.1. The van der Waals surface area contributed by atoms with E-state index in [1.165, 1.54) is 0 Å². The van der Waals surface area contributed by atoms with Crippen LogP contribution in [0.5, 0.6) is 5.75 Å². The Bertz CT molecular complexity index is 711.